The number of alkyl halides is 3. The Hall–Kier alpha value is -3.95. The largest absolute Gasteiger partial charge is 0.416 e. The molecule has 3 heterocycles. The lowest BCUT2D eigenvalue weighted by Gasteiger charge is -2.19. The molecular weight excluding hydrogens is 447 g/mol. The Labute approximate surface area is 192 Å². The van der Waals surface area contributed by atoms with Crippen LogP contribution in [0.5, 0.6) is 0 Å². The molecule has 0 fully saturated rings. The molecule has 1 atom stereocenters. The summed E-state index contributed by atoms with van der Waals surface area (Å²) in [5.74, 6) is 0.783. The van der Waals surface area contributed by atoms with Gasteiger partial charge in [0.05, 0.1) is 10.9 Å². The Balaban J connectivity index is 1.85. The van der Waals surface area contributed by atoms with Gasteiger partial charge >= 0.3 is 6.18 Å². The molecule has 0 bridgehead atoms. The minimum atomic E-state index is -4.45. The Morgan fingerprint density at radius 2 is 1.76 bits per heavy atom. The Bertz CT molecular complexity index is 1520. The van der Waals surface area contributed by atoms with Gasteiger partial charge in [0, 0.05) is 43.5 Å². The first-order valence-corrected chi connectivity index (χ1v) is 10.4. The van der Waals surface area contributed by atoms with E-state index in [-0.39, 0.29) is 11.1 Å². The number of anilines is 1. The van der Waals surface area contributed by atoms with Crippen molar-refractivity contribution >= 4 is 16.9 Å². The van der Waals surface area contributed by atoms with E-state index in [1.54, 1.807) is 52.3 Å². The zero-order valence-corrected chi connectivity index (χ0v) is 18.9. The molecule has 4 rings (SSSR count). The van der Waals surface area contributed by atoms with E-state index in [0.717, 1.165) is 12.1 Å². The monoisotopic (exact) mass is 469 g/mol. The molecule has 176 valence electrons. The van der Waals surface area contributed by atoms with Crippen LogP contribution in [-0.4, -0.2) is 19.1 Å². The van der Waals surface area contributed by atoms with Crippen molar-refractivity contribution in [3.05, 3.63) is 86.3 Å². The second-order valence-corrected chi connectivity index (χ2v) is 8.14. The van der Waals surface area contributed by atoms with Crippen molar-refractivity contribution in [3.8, 4) is 11.1 Å². The highest BCUT2D eigenvalue weighted by atomic mass is 19.4. The molecule has 0 aliphatic rings. The van der Waals surface area contributed by atoms with Gasteiger partial charge in [0.2, 0.25) is 5.56 Å². The van der Waals surface area contributed by atoms with Gasteiger partial charge in [-0.3, -0.25) is 14.2 Å². The number of benzene rings is 1. The number of aromatic nitrogens is 4. The summed E-state index contributed by atoms with van der Waals surface area (Å²) in [4.78, 5) is 33.7. The number of nitrogens with one attached hydrogen (secondary N) is 1. The fourth-order valence-electron chi connectivity index (χ4n) is 3.78. The van der Waals surface area contributed by atoms with Gasteiger partial charge in [0.15, 0.2) is 0 Å². The lowest BCUT2D eigenvalue weighted by molar-refractivity contribution is -0.137. The number of fused-ring (bicyclic) bond motifs is 1. The van der Waals surface area contributed by atoms with Gasteiger partial charge in [0.1, 0.15) is 17.3 Å². The first kappa shape index (κ1) is 23.2. The molecule has 0 saturated carbocycles. The second kappa shape index (κ2) is 8.44. The number of aryl methyl sites for hydroxylation is 3. The Morgan fingerprint density at radius 1 is 1.03 bits per heavy atom. The number of hydrogen-bond donors (Lipinski definition) is 1. The van der Waals surface area contributed by atoms with E-state index in [9.17, 15) is 22.8 Å². The summed E-state index contributed by atoms with van der Waals surface area (Å²) in [7, 11) is 3.18. The summed E-state index contributed by atoms with van der Waals surface area (Å²) in [5, 5.41) is 3.70. The molecule has 34 heavy (non-hydrogen) atoms. The van der Waals surface area contributed by atoms with Crippen molar-refractivity contribution in [2.75, 3.05) is 5.32 Å². The highest BCUT2D eigenvalue weighted by molar-refractivity contribution is 5.90. The zero-order valence-electron chi connectivity index (χ0n) is 18.9. The van der Waals surface area contributed by atoms with Crippen molar-refractivity contribution in [1.82, 2.24) is 19.1 Å². The molecule has 3 aromatic heterocycles. The lowest BCUT2D eigenvalue weighted by atomic mass is 10.0. The van der Waals surface area contributed by atoms with Gasteiger partial charge in [-0.25, -0.2) is 9.97 Å². The van der Waals surface area contributed by atoms with E-state index >= 15 is 0 Å². The van der Waals surface area contributed by atoms with Gasteiger partial charge in [-0.2, -0.15) is 13.2 Å². The van der Waals surface area contributed by atoms with Crippen molar-refractivity contribution < 1.29 is 13.2 Å². The van der Waals surface area contributed by atoms with Crippen LogP contribution in [0.1, 0.15) is 29.9 Å². The van der Waals surface area contributed by atoms with Crippen LogP contribution in [-0.2, 0) is 20.3 Å². The number of rotatable bonds is 4. The predicted molar refractivity (Wildman–Crippen MR) is 124 cm³/mol. The van der Waals surface area contributed by atoms with Crippen molar-refractivity contribution in [2.45, 2.75) is 26.1 Å². The first-order chi connectivity index (χ1) is 16.0. The molecule has 10 heteroatoms. The predicted octanol–water partition coefficient (Wildman–Crippen LogP) is 4.19. The van der Waals surface area contributed by atoms with Gasteiger partial charge in [0.25, 0.3) is 5.56 Å². The van der Waals surface area contributed by atoms with E-state index in [2.05, 4.69) is 15.3 Å². The maximum atomic E-state index is 13.2. The molecule has 0 aliphatic carbocycles. The zero-order chi connectivity index (χ0) is 24.8. The molecule has 0 unspecified atom stereocenters. The van der Waals surface area contributed by atoms with Crippen LogP contribution in [0, 0.1) is 6.92 Å². The Kier molecular flexibility index (Phi) is 5.76. The van der Waals surface area contributed by atoms with Crippen LogP contribution in [0.3, 0.4) is 0 Å². The normalized spacial score (nSPS) is 12.7. The summed E-state index contributed by atoms with van der Waals surface area (Å²) in [5.41, 5.74) is 0.447. The average molecular weight is 469 g/mol. The summed E-state index contributed by atoms with van der Waals surface area (Å²) < 4.78 is 42.3. The fraction of sp³-hybridized carbons (Fsp3) is 0.250. The van der Waals surface area contributed by atoms with Crippen LogP contribution >= 0.6 is 0 Å². The maximum Gasteiger partial charge on any atom is 0.416 e. The molecule has 7 nitrogen and oxygen atoms in total. The van der Waals surface area contributed by atoms with E-state index in [4.69, 9.17) is 0 Å². The number of halogens is 3. The molecule has 1 N–H and O–H groups in total. The van der Waals surface area contributed by atoms with Crippen LogP contribution in [0.2, 0.25) is 0 Å². The van der Waals surface area contributed by atoms with E-state index in [1.165, 1.54) is 21.3 Å². The number of pyridine rings is 2. The lowest BCUT2D eigenvalue weighted by Crippen LogP contribution is -2.22. The molecule has 4 aromatic rings. The van der Waals surface area contributed by atoms with Crippen LogP contribution in [0.25, 0.3) is 22.2 Å². The standard InChI is InChI=1S/C24H22F3N5O2/c1-13(15-6-5-7-17(10-15)24(25,26)27)28-21-19-11-18(16-8-9-20(33)31(3)12-16)23(34)32(4)22(19)30-14(2)29-21/h5-13H,1-4H3,(H,28,29,30)/t13-/m1/s1. The summed E-state index contributed by atoms with van der Waals surface area (Å²) in [6, 6.07) is 9.15. The number of hydrogen-bond acceptors (Lipinski definition) is 5. The van der Waals surface area contributed by atoms with Crippen molar-refractivity contribution in [2.24, 2.45) is 14.1 Å². The molecule has 0 saturated heterocycles. The first-order valence-electron chi connectivity index (χ1n) is 10.4. The summed E-state index contributed by atoms with van der Waals surface area (Å²) >= 11 is 0. The topological polar surface area (TPSA) is 81.8 Å². The number of nitrogens with zero attached hydrogens (tertiary/aromatic N) is 4. The maximum absolute atomic E-state index is 13.2. The highest BCUT2D eigenvalue weighted by Crippen LogP contribution is 2.32. The SMILES string of the molecule is Cc1nc(N[C@H](C)c2cccc(C(F)(F)F)c2)c2cc(-c3ccc(=O)n(C)c3)c(=O)n(C)c2n1. The van der Waals surface area contributed by atoms with Crippen LogP contribution in [0.4, 0.5) is 19.0 Å². The third kappa shape index (κ3) is 4.30. The van der Waals surface area contributed by atoms with E-state index in [1.807, 2.05) is 0 Å². The molecule has 0 radical (unpaired) electrons. The van der Waals surface area contributed by atoms with Gasteiger partial charge < -0.3 is 9.88 Å². The fourth-order valence-corrected chi connectivity index (χ4v) is 3.78. The van der Waals surface area contributed by atoms with E-state index < -0.39 is 17.8 Å². The second-order valence-electron chi connectivity index (χ2n) is 8.14. The third-order valence-corrected chi connectivity index (χ3v) is 5.64. The molecule has 1 aromatic carbocycles. The van der Waals surface area contributed by atoms with Crippen molar-refractivity contribution in [1.29, 1.82) is 0 Å². The van der Waals surface area contributed by atoms with E-state index in [0.29, 0.717) is 39.4 Å². The summed E-state index contributed by atoms with van der Waals surface area (Å²) in [6.07, 6.45) is -2.88. The quantitative estimate of drug-likeness (QED) is 0.485. The summed E-state index contributed by atoms with van der Waals surface area (Å²) in [6.45, 7) is 3.40. The highest BCUT2D eigenvalue weighted by Gasteiger charge is 2.30. The Morgan fingerprint density at radius 3 is 2.44 bits per heavy atom. The van der Waals surface area contributed by atoms with Gasteiger partial charge in [-0.1, -0.05) is 12.1 Å². The van der Waals surface area contributed by atoms with Gasteiger partial charge in [-0.05, 0) is 43.7 Å². The minimum Gasteiger partial charge on any atom is -0.363 e. The molecule has 0 spiro atoms. The van der Waals surface area contributed by atoms with Crippen molar-refractivity contribution in [3.63, 3.8) is 0 Å². The molecule has 0 amide bonds. The molecular formula is C24H22F3N5O2. The smallest absolute Gasteiger partial charge is 0.363 e. The third-order valence-electron chi connectivity index (χ3n) is 5.64. The van der Waals surface area contributed by atoms with Crippen LogP contribution < -0.4 is 16.4 Å². The van der Waals surface area contributed by atoms with Crippen LogP contribution in [0.15, 0.2) is 58.3 Å². The average Bonchev–Trinajstić information content (AvgIpc) is 2.78. The van der Waals surface area contributed by atoms with Gasteiger partial charge in [-0.15, -0.1) is 0 Å². The minimum absolute atomic E-state index is 0.211. The molecule has 0 aliphatic heterocycles.